The zero-order valence-electron chi connectivity index (χ0n) is 22.8. The van der Waals surface area contributed by atoms with Gasteiger partial charge in [-0.15, -0.1) is 0 Å². The Morgan fingerprint density at radius 3 is 2.62 bits per heavy atom. The van der Waals surface area contributed by atoms with Crippen molar-refractivity contribution in [3.63, 3.8) is 0 Å². The van der Waals surface area contributed by atoms with Crippen molar-refractivity contribution < 1.29 is 23.5 Å². The van der Waals surface area contributed by atoms with Crippen LogP contribution < -0.4 is 15.8 Å². The van der Waals surface area contributed by atoms with Crippen LogP contribution in [-0.4, -0.2) is 18.5 Å². The Labute approximate surface area is 229 Å². The molecule has 39 heavy (non-hydrogen) atoms. The van der Waals surface area contributed by atoms with Crippen molar-refractivity contribution in [2.45, 2.75) is 53.3 Å². The van der Waals surface area contributed by atoms with Crippen LogP contribution in [0.3, 0.4) is 0 Å². The first kappa shape index (κ1) is 27.9. The lowest BCUT2D eigenvalue weighted by Gasteiger charge is -2.15. The van der Waals surface area contributed by atoms with Gasteiger partial charge in [-0.3, -0.25) is 9.59 Å². The molecule has 3 aromatic carbocycles. The number of hydrogen-bond donors (Lipinski definition) is 2. The van der Waals surface area contributed by atoms with E-state index in [-0.39, 0.29) is 30.8 Å². The highest BCUT2D eigenvalue weighted by Crippen LogP contribution is 2.32. The zero-order valence-corrected chi connectivity index (χ0v) is 22.8. The van der Waals surface area contributed by atoms with E-state index in [9.17, 15) is 9.59 Å². The van der Waals surface area contributed by atoms with E-state index in [0.717, 1.165) is 44.3 Å². The lowest BCUT2D eigenvalue weighted by molar-refractivity contribution is -0.142. The Kier molecular flexibility index (Phi) is 9.39. The molecule has 0 aliphatic carbocycles. The molecule has 0 saturated carbocycles. The number of benzene rings is 3. The second-order valence-electron chi connectivity index (χ2n) is 9.97. The van der Waals surface area contributed by atoms with E-state index in [1.165, 1.54) is 0 Å². The maximum Gasteiger partial charge on any atom is 0.310 e. The van der Waals surface area contributed by atoms with Crippen molar-refractivity contribution in [2.24, 2.45) is 11.7 Å². The zero-order chi connectivity index (χ0) is 27.8. The number of ether oxygens (including phenoxy) is 2. The summed E-state index contributed by atoms with van der Waals surface area (Å²) in [5.41, 5.74) is 12.3. The Morgan fingerprint density at radius 1 is 1.00 bits per heavy atom. The summed E-state index contributed by atoms with van der Waals surface area (Å²) >= 11 is 0. The second kappa shape index (κ2) is 13.1. The molecule has 0 radical (unpaired) electrons. The second-order valence-corrected chi connectivity index (χ2v) is 9.97. The molecule has 1 amide bonds. The van der Waals surface area contributed by atoms with Crippen LogP contribution in [0.2, 0.25) is 0 Å². The third-order valence-electron chi connectivity index (χ3n) is 6.33. The smallest absolute Gasteiger partial charge is 0.310 e. The predicted octanol–water partition coefficient (Wildman–Crippen LogP) is 5.91. The molecular weight excluding hydrogens is 492 g/mol. The van der Waals surface area contributed by atoms with E-state index in [1.54, 1.807) is 13.2 Å². The highest BCUT2D eigenvalue weighted by Gasteiger charge is 2.14. The monoisotopic (exact) mass is 528 g/mol. The SMILES string of the molecule is CCOC(=O)Cc1ccc(CNC(=O)CC(C)C)cc1OCc1cc(-c2cccc(CN)c2)c2occc2c1. The predicted molar refractivity (Wildman–Crippen MR) is 152 cm³/mol. The van der Waals surface area contributed by atoms with Crippen LogP contribution in [-0.2, 0) is 40.4 Å². The van der Waals surface area contributed by atoms with Crippen LogP contribution in [0.4, 0.5) is 0 Å². The van der Waals surface area contributed by atoms with Crippen LogP contribution in [0.25, 0.3) is 22.1 Å². The van der Waals surface area contributed by atoms with E-state index in [1.807, 2.05) is 62.4 Å². The first-order valence-corrected chi connectivity index (χ1v) is 13.3. The quantitative estimate of drug-likeness (QED) is 0.222. The molecule has 0 aliphatic rings. The van der Waals surface area contributed by atoms with Gasteiger partial charge in [-0.25, -0.2) is 0 Å². The average molecular weight is 529 g/mol. The minimum absolute atomic E-state index is 0.00252. The molecule has 7 nitrogen and oxygen atoms in total. The minimum atomic E-state index is -0.317. The van der Waals surface area contributed by atoms with Crippen molar-refractivity contribution in [1.29, 1.82) is 0 Å². The molecule has 0 saturated heterocycles. The summed E-state index contributed by atoms with van der Waals surface area (Å²) in [4.78, 5) is 24.4. The van der Waals surface area contributed by atoms with Crippen LogP contribution >= 0.6 is 0 Å². The summed E-state index contributed by atoms with van der Waals surface area (Å²) in [5.74, 6) is 0.550. The average Bonchev–Trinajstić information content (AvgIpc) is 3.40. The van der Waals surface area contributed by atoms with Gasteiger partial charge < -0.3 is 24.9 Å². The van der Waals surface area contributed by atoms with E-state index in [2.05, 4.69) is 17.4 Å². The van der Waals surface area contributed by atoms with Gasteiger partial charge in [0.05, 0.1) is 19.3 Å². The molecule has 0 spiro atoms. The third-order valence-corrected chi connectivity index (χ3v) is 6.33. The fourth-order valence-electron chi connectivity index (χ4n) is 4.47. The normalized spacial score (nSPS) is 11.1. The van der Waals surface area contributed by atoms with Gasteiger partial charge in [0.25, 0.3) is 0 Å². The van der Waals surface area contributed by atoms with Gasteiger partial charge in [0.1, 0.15) is 17.9 Å². The van der Waals surface area contributed by atoms with E-state index in [0.29, 0.717) is 31.9 Å². The summed E-state index contributed by atoms with van der Waals surface area (Å²) in [5, 5.41) is 3.93. The van der Waals surface area contributed by atoms with Crippen LogP contribution in [0, 0.1) is 5.92 Å². The summed E-state index contributed by atoms with van der Waals surface area (Å²) < 4.78 is 17.3. The fourth-order valence-corrected chi connectivity index (χ4v) is 4.47. The van der Waals surface area contributed by atoms with Gasteiger partial charge >= 0.3 is 5.97 Å². The standard InChI is InChI=1S/C32H36N2O5/c1-4-37-31(36)17-26-9-8-23(19-34-30(35)12-21(2)3)16-29(26)39-20-24-14-27-10-11-38-32(27)28(15-24)25-7-5-6-22(13-25)18-33/h5-11,13-16,21H,4,12,17-20,33H2,1-3H3,(H,34,35). The molecule has 7 heteroatoms. The number of hydrogen-bond acceptors (Lipinski definition) is 6. The van der Waals surface area contributed by atoms with E-state index in [4.69, 9.17) is 19.6 Å². The first-order valence-electron chi connectivity index (χ1n) is 13.3. The number of carbonyl (C=O) groups is 2. The van der Waals surface area contributed by atoms with Gasteiger partial charge in [0.2, 0.25) is 5.91 Å². The highest BCUT2D eigenvalue weighted by atomic mass is 16.5. The lowest BCUT2D eigenvalue weighted by atomic mass is 9.99. The summed E-state index contributed by atoms with van der Waals surface area (Å²) in [6, 6.07) is 19.8. The Balaban J connectivity index is 1.59. The summed E-state index contributed by atoms with van der Waals surface area (Å²) in [6.07, 6.45) is 2.25. The first-order chi connectivity index (χ1) is 18.9. The summed E-state index contributed by atoms with van der Waals surface area (Å²) in [7, 11) is 0. The molecule has 4 rings (SSSR count). The largest absolute Gasteiger partial charge is 0.489 e. The molecule has 204 valence electrons. The van der Waals surface area contributed by atoms with Crippen molar-refractivity contribution >= 4 is 22.8 Å². The minimum Gasteiger partial charge on any atom is -0.489 e. The molecule has 0 atom stereocenters. The number of carbonyl (C=O) groups excluding carboxylic acids is 2. The number of amides is 1. The third kappa shape index (κ3) is 7.48. The van der Waals surface area contributed by atoms with Crippen molar-refractivity contribution in [2.75, 3.05) is 6.61 Å². The number of nitrogens with one attached hydrogen (secondary N) is 1. The number of esters is 1. The van der Waals surface area contributed by atoms with Crippen LogP contribution in [0.1, 0.15) is 49.4 Å². The number of fused-ring (bicyclic) bond motifs is 1. The van der Waals surface area contributed by atoms with E-state index >= 15 is 0 Å². The molecule has 1 aromatic heterocycles. The van der Waals surface area contributed by atoms with Gasteiger partial charge in [-0.2, -0.15) is 0 Å². The Hall–Kier alpha value is -4.10. The van der Waals surface area contributed by atoms with Gasteiger partial charge in [-0.1, -0.05) is 44.2 Å². The Morgan fingerprint density at radius 2 is 1.85 bits per heavy atom. The van der Waals surface area contributed by atoms with Crippen molar-refractivity contribution in [1.82, 2.24) is 5.32 Å². The van der Waals surface area contributed by atoms with Gasteiger partial charge in [0.15, 0.2) is 0 Å². The maximum absolute atomic E-state index is 12.3. The molecular formula is C32H36N2O5. The molecule has 0 bridgehead atoms. The lowest BCUT2D eigenvalue weighted by Crippen LogP contribution is -2.24. The molecule has 3 N–H and O–H groups in total. The van der Waals surface area contributed by atoms with Crippen LogP contribution in [0.5, 0.6) is 5.75 Å². The maximum atomic E-state index is 12.3. The van der Waals surface area contributed by atoms with Crippen molar-refractivity contribution in [3.05, 3.63) is 89.2 Å². The number of rotatable bonds is 12. The molecule has 4 aromatic rings. The fraction of sp³-hybridized carbons (Fsp3) is 0.312. The summed E-state index contributed by atoms with van der Waals surface area (Å²) in [6.45, 7) is 7.23. The molecule has 0 fully saturated rings. The number of furan rings is 1. The molecule has 0 aliphatic heterocycles. The van der Waals surface area contributed by atoms with E-state index < -0.39 is 0 Å². The molecule has 1 heterocycles. The topological polar surface area (TPSA) is 104 Å². The van der Waals surface area contributed by atoms with Gasteiger partial charge in [-0.05, 0) is 65.4 Å². The van der Waals surface area contributed by atoms with Gasteiger partial charge in [0, 0.05) is 36.0 Å². The highest BCUT2D eigenvalue weighted by molar-refractivity contribution is 5.93. The van der Waals surface area contributed by atoms with Crippen molar-refractivity contribution in [3.8, 4) is 16.9 Å². The molecule has 0 unspecified atom stereocenters. The van der Waals surface area contributed by atoms with Crippen LogP contribution in [0.15, 0.2) is 71.3 Å². The Bertz CT molecular complexity index is 1440. The number of nitrogens with two attached hydrogens (primary N) is 1.